The number of ketones is 1. The van der Waals surface area contributed by atoms with Gasteiger partial charge in [-0.25, -0.2) is 4.68 Å². The molecule has 1 saturated heterocycles. The summed E-state index contributed by atoms with van der Waals surface area (Å²) in [6, 6.07) is 12.2. The van der Waals surface area contributed by atoms with Crippen molar-refractivity contribution in [3.63, 3.8) is 0 Å². The highest BCUT2D eigenvalue weighted by Gasteiger charge is 2.25. The number of nitrogens with one attached hydrogen (secondary N) is 1. The quantitative estimate of drug-likeness (QED) is 0.451. The summed E-state index contributed by atoms with van der Waals surface area (Å²) >= 11 is 0. The lowest BCUT2D eigenvalue weighted by Gasteiger charge is -2.26. The molecule has 2 amide bonds. The van der Waals surface area contributed by atoms with Crippen molar-refractivity contribution in [1.29, 1.82) is 0 Å². The van der Waals surface area contributed by atoms with Crippen LogP contribution in [0.25, 0.3) is 5.69 Å². The normalized spacial score (nSPS) is 15.3. The van der Waals surface area contributed by atoms with Gasteiger partial charge in [0.1, 0.15) is 11.6 Å². The first-order valence-corrected chi connectivity index (χ1v) is 12.3. The second kappa shape index (κ2) is 10.4. The first-order chi connectivity index (χ1) is 17.9. The highest BCUT2D eigenvalue weighted by Crippen LogP contribution is 2.25. The Balaban J connectivity index is 1.31. The summed E-state index contributed by atoms with van der Waals surface area (Å²) < 4.78 is 12.4. The molecular weight excluding hydrogens is 474 g/mol. The largest absolute Gasteiger partial charge is 0.484 e. The molecule has 2 aliphatic rings. The van der Waals surface area contributed by atoms with Gasteiger partial charge in [-0.1, -0.05) is 18.2 Å². The Labute approximate surface area is 214 Å². The van der Waals surface area contributed by atoms with E-state index in [1.54, 1.807) is 41.3 Å². The van der Waals surface area contributed by atoms with Crippen LogP contribution in [-0.2, 0) is 9.53 Å². The molecule has 0 atom stereocenters. The number of aryl methyl sites for hydroxylation is 1. The lowest BCUT2D eigenvalue weighted by atomic mass is 10.1. The van der Waals surface area contributed by atoms with E-state index < -0.39 is 0 Å². The van der Waals surface area contributed by atoms with Crippen LogP contribution in [0.15, 0.2) is 48.7 Å². The smallest absolute Gasteiger partial charge is 0.260 e. The van der Waals surface area contributed by atoms with Crippen molar-refractivity contribution < 1.29 is 23.9 Å². The third-order valence-electron chi connectivity index (χ3n) is 6.49. The van der Waals surface area contributed by atoms with Gasteiger partial charge in [0.25, 0.3) is 11.8 Å². The predicted molar refractivity (Wildman–Crippen MR) is 136 cm³/mol. The molecule has 1 aromatic heterocycles. The molecule has 10 nitrogen and oxygen atoms in total. The number of hydrogen-bond acceptors (Lipinski definition) is 7. The van der Waals surface area contributed by atoms with Gasteiger partial charge in [-0.05, 0) is 49.6 Å². The minimum Gasteiger partial charge on any atom is -0.484 e. The number of hydrogen-bond donors (Lipinski definition) is 2. The average molecular weight is 504 g/mol. The molecule has 0 bridgehead atoms. The third-order valence-corrected chi connectivity index (χ3v) is 6.49. The maximum Gasteiger partial charge on any atom is 0.260 e. The van der Waals surface area contributed by atoms with Gasteiger partial charge >= 0.3 is 0 Å². The lowest BCUT2D eigenvalue weighted by Crippen LogP contribution is -2.42. The zero-order chi connectivity index (χ0) is 25.9. The Hall–Kier alpha value is -4.18. The molecule has 0 unspecified atom stereocenters. The Morgan fingerprint density at radius 1 is 1.11 bits per heavy atom. The number of anilines is 1. The van der Waals surface area contributed by atoms with Crippen LogP contribution in [0.2, 0.25) is 0 Å². The SMILES string of the molecule is Cc1ccc(C(=O)NC2CC2)cc1-n1ncc(C(=O)c2cccc(OCC(=O)N3CCOCC3)c2)c1N. The molecule has 2 heterocycles. The van der Waals surface area contributed by atoms with Crippen molar-refractivity contribution in [3.8, 4) is 11.4 Å². The maximum absolute atomic E-state index is 13.3. The van der Waals surface area contributed by atoms with Crippen LogP contribution in [0.5, 0.6) is 5.75 Å². The maximum atomic E-state index is 13.3. The van der Waals surface area contributed by atoms with Crippen molar-refractivity contribution in [2.45, 2.75) is 25.8 Å². The fraction of sp³-hybridized carbons (Fsp3) is 0.333. The molecule has 1 aliphatic heterocycles. The van der Waals surface area contributed by atoms with Crippen molar-refractivity contribution in [2.24, 2.45) is 0 Å². The number of carbonyl (C=O) groups excluding carboxylic acids is 3. The number of carbonyl (C=O) groups is 3. The van der Waals surface area contributed by atoms with E-state index in [0.717, 1.165) is 18.4 Å². The van der Waals surface area contributed by atoms with Gasteiger partial charge in [-0.2, -0.15) is 5.10 Å². The lowest BCUT2D eigenvalue weighted by molar-refractivity contribution is -0.137. The zero-order valence-electron chi connectivity index (χ0n) is 20.6. The van der Waals surface area contributed by atoms with E-state index in [0.29, 0.717) is 48.9 Å². The standard InChI is InChI=1S/C27H29N5O5/c1-17-5-6-19(27(35)30-20-7-8-20)14-23(17)32-26(28)22(15-29-32)25(34)18-3-2-4-21(13-18)37-16-24(33)31-9-11-36-12-10-31/h2-6,13-15,20H,7-12,16,28H2,1H3,(H,30,35). The molecule has 0 radical (unpaired) electrons. The second-order valence-electron chi connectivity index (χ2n) is 9.24. The molecule has 1 saturated carbocycles. The van der Waals surface area contributed by atoms with Crippen LogP contribution >= 0.6 is 0 Å². The monoisotopic (exact) mass is 503 g/mol. The van der Waals surface area contributed by atoms with Gasteiger partial charge in [-0.15, -0.1) is 0 Å². The number of amides is 2. The number of ether oxygens (including phenoxy) is 2. The van der Waals surface area contributed by atoms with Crippen molar-refractivity contribution in [1.82, 2.24) is 20.0 Å². The second-order valence-corrected chi connectivity index (χ2v) is 9.24. The summed E-state index contributed by atoms with van der Waals surface area (Å²) in [6.45, 7) is 3.88. The van der Waals surface area contributed by atoms with Crippen LogP contribution in [-0.4, -0.2) is 71.2 Å². The summed E-state index contributed by atoms with van der Waals surface area (Å²) in [5, 5.41) is 7.32. The van der Waals surface area contributed by atoms with E-state index in [-0.39, 0.29) is 41.6 Å². The number of nitrogen functional groups attached to an aromatic ring is 1. The number of benzene rings is 2. The number of morpholine rings is 1. The molecular formula is C27H29N5O5. The van der Waals surface area contributed by atoms with Gasteiger partial charge < -0.3 is 25.4 Å². The van der Waals surface area contributed by atoms with Crippen molar-refractivity contribution >= 4 is 23.4 Å². The predicted octanol–water partition coefficient (Wildman–Crippen LogP) is 2.12. The molecule has 0 spiro atoms. The van der Waals surface area contributed by atoms with E-state index in [2.05, 4.69) is 10.4 Å². The van der Waals surface area contributed by atoms with Gasteiger partial charge in [-0.3, -0.25) is 14.4 Å². The highest BCUT2D eigenvalue weighted by molar-refractivity contribution is 6.12. The molecule has 1 aliphatic carbocycles. The van der Waals surface area contributed by atoms with Crippen LogP contribution in [0.1, 0.15) is 44.7 Å². The number of nitrogens with zero attached hydrogens (tertiary/aromatic N) is 3. The van der Waals surface area contributed by atoms with E-state index in [1.807, 2.05) is 13.0 Å². The van der Waals surface area contributed by atoms with Crippen LogP contribution in [0.3, 0.4) is 0 Å². The summed E-state index contributed by atoms with van der Waals surface area (Å²) in [4.78, 5) is 39.9. The molecule has 37 heavy (non-hydrogen) atoms. The molecule has 2 aromatic carbocycles. The van der Waals surface area contributed by atoms with Crippen LogP contribution in [0, 0.1) is 6.92 Å². The average Bonchev–Trinajstić information content (AvgIpc) is 3.66. The summed E-state index contributed by atoms with van der Waals surface area (Å²) in [5.41, 5.74) is 8.94. The minimum atomic E-state index is -0.325. The molecule has 2 fully saturated rings. The Bertz CT molecular complexity index is 1340. The molecule has 192 valence electrons. The molecule has 5 rings (SSSR count). The Morgan fingerprint density at radius 3 is 2.65 bits per heavy atom. The summed E-state index contributed by atoms with van der Waals surface area (Å²) in [5.74, 6) is -0.0250. The van der Waals surface area contributed by atoms with Gasteiger partial charge in [0.15, 0.2) is 12.4 Å². The van der Waals surface area contributed by atoms with E-state index in [9.17, 15) is 14.4 Å². The molecule has 3 N–H and O–H groups in total. The van der Waals surface area contributed by atoms with E-state index in [4.69, 9.17) is 15.2 Å². The fourth-order valence-electron chi connectivity index (χ4n) is 4.13. The van der Waals surface area contributed by atoms with Crippen LogP contribution < -0.4 is 15.8 Å². The topological polar surface area (TPSA) is 129 Å². The number of nitrogens with two attached hydrogens (primary N) is 1. The number of aromatic nitrogens is 2. The Kier molecular flexibility index (Phi) is 6.91. The third kappa shape index (κ3) is 5.49. The van der Waals surface area contributed by atoms with Gasteiger partial charge in [0.2, 0.25) is 0 Å². The Morgan fingerprint density at radius 2 is 1.89 bits per heavy atom. The van der Waals surface area contributed by atoms with Crippen LogP contribution in [0.4, 0.5) is 5.82 Å². The minimum absolute atomic E-state index is 0.123. The number of rotatable bonds is 8. The van der Waals surface area contributed by atoms with Crippen molar-refractivity contribution in [2.75, 3.05) is 38.6 Å². The summed E-state index contributed by atoms with van der Waals surface area (Å²) in [7, 11) is 0. The first kappa shape index (κ1) is 24.5. The first-order valence-electron chi connectivity index (χ1n) is 12.3. The van der Waals surface area contributed by atoms with E-state index >= 15 is 0 Å². The van der Waals surface area contributed by atoms with Gasteiger partial charge in [0.05, 0.1) is 30.7 Å². The van der Waals surface area contributed by atoms with Crippen molar-refractivity contribution in [3.05, 3.63) is 70.9 Å². The highest BCUT2D eigenvalue weighted by atomic mass is 16.5. The van der Waals surface area contributed by atoms with Gasteiger partial charge in [0, 0.05) is 30.3 Å². The van der Waals surface area contributed by atoms with E-state index in [1.165, 1.54) is 10.9 Å². The molecule has 10 heteroatoms. The molecule has 3 aromatic rings. The summed E-state index contributed by atoms with van der Waals surface area (Å²) in [6.07, 6.45) is 3.42. The zero-order valence-corrected chi connectivity index (χ0v) is 20.6. The fourth-order valence-corrected chi connectivity index (χ4v) is 4.13.